The second-order valence-electron chi connectivity index (χ2n) is 7.54. The Hall–Kier alpha value is 0.424. The van der Waals surface area contributed by atoms with E-state index in [1.807, 2.05) is 0 Å². The molecule has 0 rings (SSSR count). The van der Waals surface area contributed by atoms with Crippen molar-refractivity contribution in [2.45, 2.75) is 62.3 Å². The van der Waals surface area contributed by atoms with Gasteiger partial charge in [-0.05, 0) is 36.4 Å². The number of hydrogen-bond donors (Lipinski definition) is 1. The van der Waals surface area contributed by atoms with Gasteiger partial charge in [-0.3, -0.25) is 0 Å². The molecule has 0 aromatic rings. The predicted molar refractivity (Wildman–Crippen MR) is 98.5 cm³/mol. The molecule has 0 aliphatic heterocycles. The monoisotopic (exact) mass is 347 g/mol. The third kappa shape index (κ3) is 20.4. The van der Waals surface area contributed by atoms with Crippen molar-refractivity contribution in [1.82, 2.24) is 0 Å². The van der Waals surface area contributed by atoms with Gasteiger partial charge >= 0.3 is 0 Å². The molecule has 0 saturated carbocycles. The zero-order valence-electron chi connectivity index (χ0n) is 15.9. The van der Waals surface area contributed by atoms with E-state index in [1.54, 1.807) is 0 Å². The van der Waals surface area contributed by atoms with Gasteiger partial charge in [0.1, 0.15) is 0 Å². The van der Waals surface area contributed by atoms with Crippen LogP contribution in [0.15, 0.2) is 24.3 Å². The van der Waals surface area contributed by atoms with Gasteiger partial charge in [-0.25, -0.2) is 0 Å². The molecule has 0 radical (unpaired) electrons. The average Bonchev–Trinajstić information content (AvgIpc) is 2.32. The van der Waals surface area contributed by atoms with E-state index in [0.717, 1.165) is 18.5 Å². The Bertz CT molecular complexity index is 302. The average molecular weight is 347 g/mol. The third-order valence-corrected chi connectivity index (χ3v) is 6.75. The van der Waals surface area contributed by atoms with Gasteiger partial charge in [-0.2, -0.15) is 0 Å². The molecule has 0 atom stereocenters. The van der Waals surface area contributed by atoms with Crippen LogP contribution >= 0.6 is 7.05 Å². The fourth-order valence-electron chi connectivity index (χ4n) is 1.36. The van der Waals surface area contributed by atoms with Crippen LogP contribution in [-0.4, -0.2) is 18.5 Å². The first-order chi connectivity index (χ1) is 8.89. The summed E-state index contributed by atoms with van der Waals surface area (Å²) < 4.78 is 0. The van der Waals surface area contributed by atoms with Gasteiger partial charge in [0.15, 0.2) is 0 Å². The molecule has 124 valence electrons. The molecular formula is C18H38NPTi. The second kappa shape index (κ2) is 11.9. The quantitative estimate of drug-likeness (QED) is 0.321. The fourth-order valence-corrected chi connectivity index (χ4v) is 2.70. The minimum Gasteiger partial charge on any atom is -0.319 e. The van der Waals surface area contributed by atoms with Gasteiger partial charge in [0.05, 0.1) is 0 Å². The Labute approximate surface area is 149 Å². The minimum absolute atomic E-state index is 0. The molecule has 0 aliphatic rings. The largest absolute Gasteiger partial charge is 0.319 e. The number of hydrogen-bond acceptors (Lipinski definition) is 1. The van der Waals surface area contributed by atoms with E-state index in [1.165, 1.54) is 0 Å². The summed E-state index contributed by atoms with van der Waals surface area (Å²) in [5.41, 5.74) is 0.588. The van der Waals surface area contributed by atoms with Crippen LogP contribution in [0.25, 0.3) is 0 Å². The molecule has 0 spiro atoms. The Kier molecular flexibility index (Phi) is 14.9. The van der Waals surface area contributed by atoms with Crippen LogP contribution in [0.1, 0.15) is 62.3 Å². The Morgan fingerprint density at radius 2 is 0.952 bits per heavy atom. The summed E-state index contributed by atoms with van der Waals surface area (Å²) in [5.74, 6) is 0. The maximum absolute atomic E-state index is 7.78. The number of allylic oxidation sites excluding steroid dienone is 4. The van der Waals surface area contributed by atoms with Crippen molar-refractivity contribution < 1.29 is 21.7 Å². The van der Waals surface area contributed by atoms with E-state index in [0.29, 0.717) is 10.8 Å². The Morgan fingerprint density at radius 1 is 0.714 bits per heavy atom. The second-order valence-corrected chi connectivity index (χ2v) is 11.7. The van der Waals surface area contributed by atoms with Crippen LogP contribution < -0.4 is 0 Å². The molecule has 0 aliphatic carbocycles. The van der Waals surface area contributed by atoms with Crippen molar-refractivity contribution in [1.29, 1.82) is 5.16 Å². The van der Waals surface area contributed by atoms with Gasteiger partial charge in [-0.15, -0.1) is 0 Å². The van der Waals surface area contributed by atoms with E-state index >= 15 is 0 Å². The molecule has 21 heavy (non-hydrogen) atoms. The summed E-state index contributed by atoms with van der Waals surface area (Å²) in [6, 6.07) is 0. The van der Waals surface area contributed by atoms with E-state index in [4.69, 9.17) is 5.16 Å². The smallest absolute Gasteiger partial charge is 0 e. The third-order valence-electron chi connectivity index (χ3n) is 3.12. The molecule has 3 heteroatoms. The van der Waals surface area contributed by atoms with Gasteiger partial charge < -0.3 is 5.16 Å². The van der Waals surface area contributed by atoms with Gasteiger partial charge in [0.25, 0.3) is 0 Å². The van der Waals surface area contributed by atoms with Crippen LogP contribution in [-0.2, 0) is 21.7 Å². The zero-order chi connectivity index (χ0) is 16.4. The minimum atomic E-state index is -1.16. The first-order valence-electron chi connectivity index (χ1n) is 7.87. The molecular weight excluding hydrogens is 309 g/mol. The van der Waals surface area contributed by atoms with Crippen LogP contribution in [0.2, 0.25) is 0 Å². The van der Waals surface area contributed by atoms with E-state index in [9.17, 15) is 0 Å². The molecule has 1 nitrogen and oxygen atoms in total. The molecule has 0 aromatic carbocycles. The van der Waals surface area contributed by atoms with Crippen molar-refractivity contribution >= 4 is 7.05 Å². The topological polar surface area (TPSA) is 23.9 Å². The van der Waals surface area contributed by atoms with Crippen LogP contribution in [0.5, 0.6) is 0 Å². The van der Waals surface area contributed by atoms with E-state index in [-0.39, 0.29) is 21.7 Å². The fraction of sp³-hybridized carbons (Fsp3) is 0.778. The standard InChI is InChI=1S/C12H22.C6H16NP.Ti/c1-11(2,3)9-7-8-10-12(4,5)6;1-4-8(7,5-2)6-3;/h7-10H,1-6H3;7H,4-6H2,1-3H3;. The number of rotatable bonds is 4. The number of nitrogens with one attached hydrogen (secondary N) is 1. The maximum atomic E-state index is 7.78. The predicted octanol–water partition coefficient (Wildman–Crippen LogP) is 7.01. The summed E-state index contributed by atoms with van der Waals surface area (Å²) in [6.07, 6.45) is 12.0. The van der Waals surface area contributed by atoms with Gasteiger partial charge in [0.2, 0.25) is 0 Å². The maximum Gasteiger partial charge on any atom is 0 e. The Morgan fingerprint density at radius 3 is 1.05 bits per heavy atom. The molecule has 0 saturated heterocycles. The van der Waals surface area contributed by atoms with Crippen molar-refractivity contribution in [3.8, 4) is 0 Å². The van der Waals surface area contributed by atoms with Crippen molar-refractivity contribution in [2.75, 3.05) is 18.5 Å². The van der Waals surface area contributed by atoms with Gasteiger partial charge in [0, 0.05) is 21.7 Å². The molecule has 0 aromatic heterocycles. The van der Waals surface area contributed by atoms with Crippen LogP contribution in [0.4, 0.5) is 0 Å². The first kappa shape index (κ1) is 26.3. The summed E-state index contributed by atoms with van der Waals surface area (Å²) >= 11 is 0. The van der Waals surface area contributed by atoms with E-state index in [2.05, 4.69) is 86.6 Å². The summed E-state index contributed by atoms with van der Waals surface area (Å²) in [4.78, 5) is 0. The van der Waals surface area contributed by atoms with Crippen LogP contribution in [0.3, 0.4) is 0 Å². The van der Waals surface area contributed by atoms with Crippen molar-refractivity contribution in [2.24, 2.45) is 10.8 Å². The summed E-state index contributed by atoms with van der Waals surface area (Å²) in [6.45, 7) is 19.6. The normalized spacial score (nSPS) is 13.0. The molecule has 0 unspecified atom stereocenters. The Balaban J connectivity index is -0.000000317. The molecule has 1 N–H and O–H groups in total. The summed E-state index contributed by atoms with van der Waals surface area (Å²) in [5, 5.41) is 7.78. The van der Waals surface area contributed by atoms with E-state index < -0.39 is 7.05 Å². The zero-order valence-corrected chi connectivity index (χ0v) is 18.3. The molecule has 0 heterocycles. The molecule has 0 bridgehead atoms. The summed E-state index contributed by atoms with van der Waals surface area (Å²) in [7, 11) is -1.16. The van der Waals surface area contributed by atoms with Crippen molar-refractivity contribution in [3.63, 3.8) is 0 Å². The SMILES string of the molecule is CC(C)(C)C=CC=CC(C)(C)C.CCP(=N)(CC)CC.[Ti]. The van der Waals surface area contributed by atoms with Crippen LogP contribution in [0, 0.1) is 16.0 Å². The molecule has 0 amide bonds. The first-order valence-corrected chi connectivity index (χ1v) is 10.2. The van der Waals surface area contributed by atoms with Gasteiger partial charge in [-0.1, -0.05) is 86.6 Å². The molecule has 0 fully saturated rings. The van der Waals surface area contributed by atoms with Crippen molar-refractivity contribution in [3.05, 3.63) is 24.3 Å².